The van der Waals surface area contributed by atoms with Gasteiger partial charge in [-0.1, -0.05) is 197 Å². The van der Waals surface area contributed by atoms with Crippen LogP contribution in [0.5, 0.6) is 0 Å². The molecule has 0 bridgehead atoms. The molecule has 6 nitrogen and oxygen atoms in total. The lowest BCUT2D eigenvalue weighted by Crippen LogP contribution is -2.30. The molecular weight excluding hydrogens is 733 g/mol. The Hall–Kier alpha value is -2.89. The molecule has 0 saturated heterocycles. The van der Waals surface area contributed by atoms with Gasteiger partial charge in [0, 0.05) is 19.3 Å². The summed E-state index contributed by atoms with van der Waals surface area (Å²) in [6.45, 7) is 6.45. The zero-order chi connectivity index (χ0) is 43.0. The Balaban J connectivity index is 4.15. The van der Waals surface area contributed by atoms with Crippen molar-refractivity contribution in [3.8, 4) is 0 Å². The second-order valence-corrected chi connectivity index (χ2v) is 16.4. The first-order chi connectivity index (χ1) is 29.0. The molecule has 1 unspecified atom stereocenters. The van der Waals surface area contributed by atoms with Gasteiger partial charge in [-0.2, -0.15) is 0 Å². The van der Waals surface area contributed by atoms with Gasteiger partial charge in [0.2, 0.25) is 0 Å². The maximum Gasteiger partial charge on any atom is 0.306 e. The number of carbonyl (C=O) groups is 3. The first kappa shape index (κ1) is 56.1. The number of esters is 3. The van der Waals surface area contributed by atoms with E-state index in [0.29, 0.717) is 19.3 Å². The zero-order valence-corrected chi connectivity index (χ0v) is 38.8. The number of ether oxygens (including phenoxy) is 3. The van der Waals surface area contributed by atoms with Crippen LogP contribution in [0.3, 0.4) is 0 Å². The predicted molar refractivity (Wildman–Crippen MR) is 251 cm³/mol. The lowest BCUT2D eigenvalue weighted by Gasteiger charge is -2.18. The molecule has 0 aliphatic heterocycles. The van der Waals surface area contributed by atoms with Crippen LogP contribution in [-0.4, -0.2) is 37.2 Å². The quantitative estimate of drug-likeness (QED) is 0.0263. The maximum absolute atomic E-state index is 12.7. The van der Waals surface area contributed by atoms with Gasteiger partial charge < -0.3 is 14.2 Å². The highest BCUT2D eigenvalue weighted by atomic mass is 16.6. The molecule has 59 heavy (non-hydrogen) atoms. The number of carbonyl (C=O) groups excluding carboxylic acids is 3. The molecule has 0 radical (unpaired) electrons. The molecule has 0 fully saturated rings. The molecule has 0 aromatic heterocycles. The molecule has 0 spiro atoms. The van der Waals surface area contributed by atoms with E-state index in [1.54, 1.807) is 0 Å². The van der Waals surface area contributed by atoms with E-state index >= 15 is 0 Å². The number of unbranched alkanes of at least 4 members (excludes halogenated alkanes) is 23. The second kappa shape index (κ2) is 47.8. The standard InChI is InChI=1S/C53H92O6/c1-4-7-10-13-15-17-19-21-22-23-24-25-26-27-28-29-30-32-33-35-37-40-43-46-52(55)58-49-50(48-57-51(54)45-42-39-12-9-6-3)59-53(56)47-44-41-38-36-34-31-20-18-16-14-11-8-5-2/h11,14,18-21,23-24,26-27,50H,4-10,12-13,15-17,22,25,28-49H2,1-3H3/b14-11-,20-18-,21-19-,24-23-,27-26-. The Labute approximate surface area is 364 Å². The van der Waals surface area contributed by atoms with Crippen LogP contribution >= 0.6 is 0 Å². The van der Waals surface area contributed by atoms with Gasteiger partial charge in [-0.25, -0.2) is 0 Å². The van der Waals surface area contributed by atoms with Crippen molar-refractivity contribution in [3.63, 3.8) is 0 Å². The summed E-state index contributed by atoms with van der Waals surface area (Å²) in [5.41, 5.74) is 0. The summed E-state index contributed by atoms with van der Waals surface area (Å²) in [4.78, 5) is 37.6. The zero-order valence-electron chi connectivity index (χ0n) is 38.8. The monoisotopic (exact) mass is 825 g/mol. The third-order valence-corrected chi connectivity index (χ3v) is 10.5. The van der Waals surface area contributed by atoms with Gasteiger partial charge in [-0.3, -0.25) is 14.4 Å². The Morgan fingerprint density at radius 3 is 1.02 bits per heavy atom. The summed E-state index contributed by atoms with van der Waals surface area (Å²) >= 11 is 0. The van der Waals surface area contributed by atoms with E-state index in [1.807, 2.05) is 0 Å². The highest BCUT2D eigenvalue weighted by molar-refractivity contribution is 5.71. The molecule has 0 amide bonds. The van der Waals surface area contributed by atoms with Crippen LogP contribution in [0, 0.1) is 0 Å². The highest BCUT2D eigenvalue weighted by Crippen LogP contribution is 2.14. The van der Waals surface area contributed by atoms with Crippen LogP contribution in [0.1, 0.15) is 239 Å². The molecule has 0 aromatic carbocycles. The molecule has 0 aliphatic rings. The van der Waals surface area contributed by atoms with Gasteiger partial charge in [0.25, 0.3) is 0 Å². The minimum absolute atomic E-state index is 0.0835. The third-order valence-electron chi connectivity index (χ3n) is 10.5. The molecule has 340 valence electrons. The normalized spacial score (nSPS) is 12.5. The van der Waals surface area contributed by atoms with Gasteiger partial charge in [0.05, 0.1) is 0 Å². The van der Waals surface area contributed by atoms with Gasteiger partial charge in [0.1, 0.15) is 13.2 Å². The third kappa shape index (κ3) is 46.0. The van der Waals surface area contributed by atoms with Crippen molar-refractivity contribution in [2.24, 2.45) is 0 Å². The molecule has 0 aromatic rings. The Bertz CT molecular complexity index is 1090. The summed E-state index contributed by atoms with van der Waals surface area (Å²) in [6, 6.07) is 0. The van der Waals surface area contributed by atoms with Crippen LogP contribution in [-0.2, 0) is 28.6 Å². The Morgan fingerprint density at radius 1 is 0.339 bits per heavy atom. The minimum atomic E-state index is -0.779. The largest absolute Gasteiger partial charge is 0.462 e. The summed E-state index contributed by atoms with van der Waals surface area (Å²) < 4.78 is 16.6. The minimum Gasteiger partial charge on any atom is -0.462 e. The lowest BCUT2D eigenvalue weighted by atomic mass is 10.1. The number of hydrogen-bond donors (Lipinski definition) is 0. The Morgan fingerprint density at radius 2 is 0.644 bits per heavy atom. The lowest BCUT2D eigenvalue weighted by molar-refractivity contribution is -0.167. The van der Waals surface area contributed by atoms with Gasteiger partial charge in [0.15, 0.2) is 6.10 Å². The van der Waals surface area contributed by atoms with Crippen LogP contribution in [0.25, 0.3) is 0 Å². The molecular formula is C53H92O6. The molecule has 0 N–H and O–H groups in total. The SMILES string of the molecule is CCC/C=C\C/C=C\CCCCCCCC(=O)OC(COC(=O)CCCCCCC)COC(=O)CCCCCCCCCC/C=C\C/C=C\C/C=C\CCCCCCC. The molecule has 0 rings (SSSR count). The molecule has 0 saturated carbocycles. The van der Waals surface area contributed by atoms with Crippen molar-refractivity contribution in [1.29, 1.82) is 0 Å². The summed E-state index contributed by atoms with van der Waals surface area (Å²) in [5, 5.41) is 0. The van der Waals surface area contributed by atoms with Crippen molar-refractivity contribution in [1.82, 2.24) is 0 Å². The average Bonchev–Trinajstić information content (AvgIpc) is 3.23. The van der Waals surface area contributed by atoms with Crippen molar-refractivity contribution in [2.75, 3.05) is 13.2 Å². The van der Waals surface area contributed by atoms with E-state index in [0.717, 1.165) is 116 Å². The second-order valence-electron chi connectivity index (χ2n) is 16.4. The number of allylic oxidation sites excluding steroid dienone is 10. The maximum atomic E-state index is 12.7. The van der Waals surface area contributed by atoms with Gasteiger partial charge in [-0.15, -0.1) is 0 Å². The summed E-state index contributed by atoms with van der Waals surface area (Å²) in [6.07, 6.45) is 58.1. The van der Waals surface area contributed by atoms with E-state index in [9.17, 15) is 14.4 Å². The first-order valence-electron chi connectivity index (χ1n) is 24.8. The van der Waals surface area contributed by atoms with Gasteiger partial charge >= 0.3 is 17.9 Å². The molecule has 1 atom stereocenters. The van der Waals surface area contributed by atoms with E-state index < -0.39 is 6.10 Å². The van der Waals surface area contributed by atoms with Gasteiger partial charge in [-0.05, 0) is 83.5 Å². The van der Waals surface area contributed by atoms with E-state index in [-0.39, 0.29) is 31.1 Å². The molecule has 0 aliphatic carbocycles. The van der Waals surface area contributed by atoms with Crippen molar-refractivity contribution in [2.45, 2.75) is 245 Å². The van der Waals surface area contributed by atoms with Crippen LogP contribution in [0.15, 0.2) is 60.8 Å². The molecule has 0 heterocycles. The van der Waals surface area contributed by atoms with E-state index in [4.69, 9.17) is 14.2 Å². The fraction of sp³-hybridized carbons (Fsp3) is 0.755. The topological polar surface area (TPSA) is 78.9 Å². The van der Waals surface area contributed by atoms with Crippen LogP contribution in [0.2, 0.25) is 0 Å². The number of hydrogen-bond acceptors (Lipinski definition) is 6. The summed E-state index contributed by atoms with van der Waals surface area (Å²) in [7, 11) is 0. The fourth-order valence-corrected chi connectivity index (χ4v) is 6.72. The predicted octanol–water partition coefficient (Wildman–Crippen LogP) is 16.1. The van der Waals surface area contributed by atoms with E-state index in [1.165, 1.54) is 83.5 Å². The summed E-state index contributed by atoms with van der Waals surface area (Å²) in [5.74, 6) is -0.920. The molecule has 6 heteroatoms. The Kier molecular flexibility index (Phi) is 45.4. The first-order valence-corrected chi connectivity index (χ1v) is 24.8. The van der Waals surface area contributed by atoms with Crippen LogP contribution in [0.4, 0.5) is 0 Å². The van der Waals surface area contributed by atoms with Crippen molar-refractivity contribution >= 4 is 17.9 Å². The van der Waals surface area contributed by atoms with E-state index in [2.05, 4.69) is 81.5 Å². The smallest absolute Gasteiger partial charge is 0.306 e. The number of rotatable bonds is 44. The average molecular weight is 825 g/mol. The highest BCUT2D eigenvalue weighted by Gasteiger charge is 2.19. The van der Waals surface area contributed by atoms with Crippen molar-refractivity contribution < 1.29 is 28.6 Å². The van der Waals surface area contributed by atoms with Crippen molar-refractivity contribution in [3.05, 3.63) is 60.8 Å². The van der Waals surface area contributed by atoms with Crippen LogP contribution < -0.4 is 0 Å². The fourth-order valence-electron chi connectivity index (χ4n) is 6.72.